The van der Waals surface area contributed by atoms with Gasteiger partial charge in [0.25, 0.3) is 5.91 Å². The van der Waals surface area contributed by atoms with E-state index in [1.807, 2.05) is 37.8 Å². The van der Waals surface area contributed by atoms with E-state index in [9.17, 15) is 4.79 Å². The number of carbonyl (C=O) groups is 1. The zero-order valence-electron chi connectivity index (χ0n) is 11.8. The molecule has 0 aliphatic carbocycles. The predicted molar refractivity (Wildman–Crippen MR) is 75.0 cm³/mol. The first-order valence-electron chi connectivity index (χ1n) is 6.64. The highest BCUT2D eigenvalue weighted by Gasteiger charge is 2.14. The first-order chi connectivity index (χ1) is 8.62. The molecular weight excluding hydrogens is 226 g/mol. The molecule has 1 rings (SSSR count). The van der Waals surface area contributed by atoms with Crippen LogP contribution in [0.2, 0.25) is 0 Å². The van der Waals surface area contributed by atoms with Gasteiger partial charge in [-0.2, -0.15) is 0 Å². The number of rotatable bonds is 6. The van der Waals surface area contributed by atoms with Crippen molar-refractivity contribution in [3.05, 3.63) is 23.4 Å². The van der Waals surface area contributed by atoms with Crippen molar-refractivity contribution in [1.29, 1.82) is 0 Å². The fraction of sp³-hybridized carbons (Fsp3) is 0.571. The highest BCUT2D eigenvalue weighted by Crippen LogP contribution is 2.12. The molecule has 0 aliphatic heterocycles. The van der Waals surface area contributed by atoms with E-state index in [-0.39, 0.29) is 5.91 Å². The van der Waals surface area contributed by atoms with Gasteiger partial charge in [-0.05, 0) is 39.3 Å². The third-order valence-electron chi connectivity index (χ3n) is 2.72. The average Bonchev–Trinajstić information content (AvgIpc) is 2.35. The molecule has 1 aromatic rings. The van der Waals surface area contributed by atoms with E-state index < -0.39 is 0 Å². The lowest BCUT2D eigenvalue weighted by Crippen LogP contribution is -2.31. The third-order valence-corrected chi connectivity index (χ3v) is 2.72. The molecule has 0 saturated carbocycles. The van der Waals surface area contributed by atoms with Crippen molar-refractivity contribution in [2.45, 2.75) is 34.1 Å². The van der Waals surface area contributed by atoms with Crippen LogP contribution in [0.3, 0.4) is 0 Å². The molecule has 0 radical (unpaired) electrons. The third kappa shape index (κ3) is 3.72. The Morgan fingerprint density at radius 3 is 2.61 bits per heavy atom. The second-order valence-electron chi connectivity index (χ2n) is 4.30. The lowest BCUT2D eigenvalue weighted by Gasteiger charge is -2.20. The molecule has 4 nitrogen and oxygen atoms in total. The van der Waals surface area contributed by atoms with Gasteiger partial charge in [0, 0.05) is 30.9 Å². The van der Waals surface area contributed by atoms with Gasteiger partial charge in [-0.15, -0.1) is 0 Å². The summed E-state index contributed by atoms with van der Waals surface area (Å²) in [5, 5.41) is 3.15. The highest BCUT2D eigenvalue weighted by atomic mass is 16.2. The Labute approximate surface area is 109 Å². The summed E-state index contributed by atoms with van der Waals surface area (Å²) in [5.74, 6) is 0.859. The standard InChI is InChI=1S/C14H23N3O/c1-5-8-17(7-3)14(18)12-9-11(4)16-13(10-12)15-6-2/h9-10H,5-8H2,1-4H3,(H,15,16). The largest absolute Gasteiger partial charge is 0.370 e. The van der Waals surface area contributed by atoms with Crippen LogP contribution in [0.1, 0.15) is 43.2 Å². The number of nitrogens with zero attached hydrogens (tertiary/aromatic N) is 2. The van der Waals surface area contributed by atoms with Gasteiger partial charge < -0.3 is 10.2 Å². The Bertz CT molecular complexity index is 404. The number of anilines is 1. The van der Waals surface area contributed by atoms with Crippen LogP contribution in [0.5, 0.6) is 0 Å². The van der Waals surface area contributed by atoms with Gasteiger partial charge in [-0.25, -0.2) is 4.98 Å². The molecule has 1 amide bonds. The minimum absolute atomic E-state index is 0.0870. The number of hydrogen-bond acceptors (Lipinski definition) is 3. The summed E-state index contributed by atoms with van der Waals surface area (Å²) in [6.07, 6.45) is 0.976. The van der Waals surface area contributed by atoms with E-state index in [1.165, 1.54) is 0 Å². The highest BCUT2D eigenvalue weighted by molar-refractivity contribution is 5.95. The van der Waals surface area contributed by atoms with Crippen molar-refractivity contribution in [1.82, 2.24) is 9.88 Å². The minimum atomic E-state index is 0.0870. The molecule has 0 aliphatic rings. The molecule has 1 heterocycles. The topological polar surface area (TPSA) is 45.2 Å². The maximum atomic E-state index is 12.3. The maximum Gasteiger partial charge on any atom is 0.254 e. The van der Waals surface area contributed by atoms with E-state index in [1.54, 1.807) is 0 Å². The van der Waals surface area contributed by atoms with Crippen molar-refractivity contribution in [2.24, 2.45) is 0 Å². The molecule has 0 atom stereocenters. The van der Waals surface area contributed by atoms with E-state index in [4.69, 9.17) is 0 Å². The van der Waals surface area contributed by atoms with Gasteiger partial charge in [0.05, 0.1) is 0 Å². The molecule has 0 fully saturated rings. The zero-order chi connectivity index (χ0) is 13.5. The maximum absolute atomic E-state index is 12.3. The smallest absolute Gasteiger partial charge is 0.254 e. The van der Waals surface area contributed by atoms with Crippen LogP contribution >= 0.6 is 0 Å². The van der Waals surface area contributed by atoms with Crippen molar-refractivity contribution >= 4 is 11.7 Å². The summed E-state index contributed by atoms with van der Waals surface area (Å²) >= 11 is 0. The summed E-state index contributed by atoms with van der Waals surface area (Å²) in [7, 11) is 0. The summed E-state index contributed by atoms with van der Waals surface area (Å²) in [6.45, 7) is 10.4. The molecular formula is C14H23N3O. The van der Waals surface area contributed by atoms with Crippen LogP contribution in [-0.4, -0.2) is 35.4 Å². The Balaban J connectivity index is 2.96. The van der Waals surface area contributed by atoms with Crippen LogP contribution in [0.4, 0.5) is 5.82 Å². The van der Waals surface area contributed by atoms with Crippen molar-refractivity contribution in [3.8, 4) is 0 Å². The summed E-state index contributed by atoms with van der Waals surface area (Å²) in [4.78, 5) is 18.6. The SMILES string of the molecule is CCCN(CC)C(=O)c1cc(C)nc(NCC)c1. The number of aromatic nitrogens is 1. The van der Waals surface area contributed by atoms with E-state index in [0.717, 1.165) is 37.6 Å². The van der Waals surface area contributed by atoms with Crippen LogP contribution < -0.4 is 5.32 Å². The second kappa shape index (κ2) is 6.99. The molecule has 0 saturated heterocycles. The van der Waals surface area contributed by atoms with Gasteiger partial charge in [-0.3, -0.25) is 4.79 Å². The van der Waals surface area contributed by atoms with Crippen LogP contribution in [0.15, 0.2) is 12.1 Å². The number of aryl methyl sites for hydroxylation is 1. The van der Waals surface area contributed by atoms with Gasteiger partial charge in [-0.1, -0.05) is 6.92 Å². The van der Waals surface area contributed by atoms with E-state index in [0.29, 0.717) is 5.56 Å². The van der Waals surface area contributed by atoms with Gasteiger partial charge in [0.1, 0.15) is 5.82 Å². The monoisotopic (exact) mass is 249 g/mol. The first-order valence-corrected chi connectivity index (χ1v) is 6.64. The van der Waals surface area contributed by atoms with Crippen molar-refractivity contribution < 1.29 is 4.79 Å². The summed E-state index contributed by atoms with van der Waals surface area (Å²) in [5.41, 5.74) is 1.58. The number of carbonyl (C=O) groups excluding carboxylic acids is 1. The van der Waals surface area contributed by atoms with Gasteiger partial charge in [0.15, 0.2) is 0 Å². The Kier molecular flexibility index (Phi) is 5.62. The fourth-order valence-electron chi connectivity index (χ4n) is 1.92. The lowest BCUT2D eigenvalue weighted by molar-refractivity contribution is 0.0764. The molecule has 100 valence electrons. The predicted octanol–water partition coefficient (Wildman–Crippen LogP) is 2.69. The summed E-state index contributed by atoms with van der Waals surface area (Å²) in [6, 6.07) is 3.68. The number of nitrogens with one attached hydrogen (secondary N) is 1. The summed E-state index contributed by atoms with van der Waals surface area (Å²) < 4.78 is 0. The number of amides is 1. The Morgan fingerprint density at radius 1 is 1.33 bits per heavy atom. The molecule has 1 N–H and O–H groups in total. The molecule has 4 heteroatoms. The van der Waals surface area contributed by atoms with E-state index >= 15 is 0 Å². The molecule has 1 aromatic heterocycles. The fourth-order valence-corrected chi connectivity index (χ4v) is 1.92. The lowest BCUT2D eigenvalue weighted by atomic mass is 10.2. The molecule has 18 heavy (non-hydrogen) atoms. The molecule has 0 aromatic carbocycles. The van der Waals surface area contributed by atoms with Gasteiger partial charge >= 0.3 is 0 Å². The Hall–Kier alpha value is -1.58. The second-order valence-corrected chi connectivity index (χ2v) is 4.30. The first kappa shape index (κ1) is 14.5. The van der Waals surface area contributed by atoms with Crippen molar-refractivity contribution in [3.63, 3.8) is 0 Å². The van der Waals surface area contributed by atoms with Crippen LogP contribution in [-0.2, 0) is 0 Å². The quantitative estimate of drug-likeness (QED) is 0.843. The molecule has 0 unspecified atom stereocenters. The van der Waals surface area contributed by atoms with Gasteiger partial charge in [0.2, 0.25) is 0 Å². The van der Waals surface area contributed by atoms with Crippen LogP contribution in [0.25, 0.3) is 0 Å². The molecule has 0 bridgehead atoms. The molecule has 0 spiro atoms. The average molecular weight is 249 g/mol. The van der Waals surface area contributed by atoms with E-state index in [2.05, 4.69) is 17.2 Å². The van der Waals surface area contributed by atoms with Crippen molar-refractivity contribution in [2.75, 3.05) is 25.0 Å². The zero-order valence-corrected chi connectivity index (χ0v) is 11.8. The normalized spacial score (nSPS) is 10.2. The number of hydrogen-bond donors (Lipinski definition) is 1. The number of pyridine rings is 1. The van der Waals surface area contributed by atoms with Crippen LogP contribution in [0, 0.1) is 6.92 Å². The Morgan fingerprint density at radius 2 is 2.06 bits per heavy atom. The minimum Gasteiger partial charge on any atom is -0.370 e.